The lowest BCUT2D eigenvalue weighted by Crippen LogP contribution is -2.46. The number of hydrogen-bond acceptors (Lipinski definition) is 4. The molecule has 1 saturated heterocycles. The number of benzene rings is 1. The number of amides is 1. The van der Waals surface area contributed by atoms with E-state index >= 15 is 0 Å². The van der Waals surface area contributed by atoms with Gasteiger partial charge in [0.05, 0.1) is 5.69 Å². The van der Waals surface area contributed by atoms with Crippen molar-refractivity contribution in [3.8, 4) is 11.3 Å². The zero-order chi connectivity index (χ0) is 20.2. The van der Waals surface area contributed by atoms with Crippen LogP contribution in [0, 0.1) is 0 Å². The highest BCUT2D eigenvalue weighted by molar-refractivity contribution is 5.99. The fraction of sp³-hybridized carbons (Fsp3) is 0.500. The van der Waals surface area contributed by atoms with Crippen molar-refractivity contribution >= 4 is 5.91 Å². The number of aromatic nitrogens is 1. The molecule has 0 aliphatic carbocycles. The number of hydrogen-bond donors (Lipinski definition) is 1. The Labute approximate surface area is 174 Å². The van der Waals surface area contributed by atoms with Crippen molar-refractivity contribution in [2.75, 3.05) is 26.7 Å². The molecule has 1 N–H and O–H groups in total. The van der Waals surface area contributed by atoms with Crippen molar-refractivity contribution in [3.63, 3.8) is 0 Å². The van der Waals surface area contributed by atoms with Gasteiger partial charge in [-0.2, -0.15) is 0 Å². The first kappa shape index (κ1) is 20.0. The molecular formula is C24H32N4O. The molecular weight excluding hydrogens is 360 g/mol. The fourth-order valence-electron chi connectivity index (χ4n) is 4.45. The molecule has 5 heteroatoms. The van der Waals surface area contributed by atoms with Crippen LogP contribution >= 0.6 is 0 Å². The van der Waals surface area contributed by atoms with Crippen LogP contribution < -0.4 is 5.32 Å². The van der Waals surface area contributed by atoms with E-state index in [2.05, 4.69) is 47.4 Å². The summed E-state index contributed by atoms with van der Waals surface area (Å²) in [4.78, 5) is 21.9. The predicted octanol–water partition coefficient (Wildman–Crippen LogP) is 3.69. The van der Waals surface area contributed by atoms with Crippen molar-refractivity contribution in [2.45, 2.75) is 51.7 Å². The molecule has 1 unspecified atom stereocenters. The molecule has 2 aliphatic rings. The van der Waals surface area contributed by atoms with Crippen LogP contribution in [-0.2, 0) is 13.1 Å². The minimum Gasteiger partial charge on any atom is -0.330 e. The van der Waals surface area contributed by atoms with Gasteiger partial charge in [-0.3, -0.25) is 9.78 Å². The molecule has 4 rings (SSSR count). The summed E-state index contributed by atoms with van der Waals surface area (Å²) in [5.41, 5.74) is 5.35. The van der Waals surface area contributed by atoms with Crippen molar-refractivity contribution in [3.05, 3.63) is 53.2 Å². The van der Waals surface area contributed by atoms with Gasteiger partial charge in [-0.1, -0.05) is 19.4 Å². The van der Waals surface area contributed by atoms with Crippen LogP contribution in [0.4, 0.5) is 0 Å². The number of carbonyl (C=O) groups is 1. The van der Waals surface area contributed by atoms with Crippen molar-refractivity contribution in [1.82, 2.24) is 20.1 Å². The van der Waals surface area contributed by atoms with Gasteiger partial charge in [-0.05, 0) is 74.8 Å². The Hall–Kier alpha value is -2.24. The van der Waals surface area contributed by atoms with Gasteiger partial charge in [-0.25, -0.2) is 0 Å². The maximum atomic E-state index is 12.9. The van der Waals surface area contributed by atoms with Crippen LogP contribution in [0.2, 0.25) is 0 Å². The molecule has 2 aliphatic heterocycles. The minimum atomic E-state index is 0.180. The molecule has 29 heavy (non-hydrogen) atoms. The van der Waals surface area contributed by atoms with Gasteiger partial charge in [0.1, 0.15) is 0 Å². The largest absolute Gasteiger partial charge is 0.330 e. The van der Waals surface area contributed by atoms with Crippen LogP contribution in [0.3, 0.4) is 0 Å². The summed E-state index contributed by atoms with van der Waals surface area (Å²) in [7, 11) is 2.17. The Morgan fingerprint density at radius 2 is 2.17 bits per heavy atom. The zero-order valence-corrected chi connectivity index (χ0v) is 17.7. The summed E-state index contributed by atoms with van der Waals surface area (Å²) >= 11 is 0. The highest BCUT2D eigenvalue weighted by Gasteiger charge is 2.33. The van der Waals surface area contributed by atoms with Crippen LogP contribution in [0.15, 0.2) is 36.5 Å². The molecule has 1 amide bonds. The van der Waals surface area contributed by atoms with Crippen molar-refractivity contribution in [1.29, 1.82) is 0 Å². The van der Waals surface area contributed by atoms with E-state index in [0.717, 1.165) is 61.4 Å². The molecule has 0 bridgehead atoms. The molecule has 0 spiro atoms. The van der Waals surface area contributed by atoms with Gasteiger partial charge >= 0.3 is 0 Å². The smallest absolute Gasteiger partial charge is 0.254 e. The Balaban J connectivity index is 1.50. The zero-order valence-electron chi connectivity index (χ0n) is 17.7. The highest BCUT2D eigenvalue weighted by atomic mass is 16.2. The summed E-state index contributed by atoms with van der Waals surface area (Å²) in [5.74, 6) is 0.180. The van der Waals surface area contributed by atoms with Crippen LogP contribution in [-0.4, -0.2) is 53.4 Å². The van der Waals surface area contributed by atoms with Gasteiger partial charge in [0.2, 0.25) is 0 Å². The van der Waals surface area contributed by atoms with Gasteiger partial charge < -0.3 is 15.1 Å². The van der Waals surface area contributed by atoms with E-state index in [1.54, 1.807) is 0 Å². The van der Waals surface area contributed by atoms with Gasteiger partial charge in [0.15, 0.2) is 0 Å². The summed E-state index contributed by atoms with van der Waals surface area (Å²) < 4.78 is 0. The van der Waals surface area contributed by atoms with E-state index in [9.17, 15) is 4.79 Å². The highest BCUT2D eigenvalue weighted by Crippen LogP contribution is 2.30. The Morgan fingerprint density at radius 1 is 1.28 bits per heavy atom. The van der Waals surface area contributed by atoms with E-state index in [4.69, 9.17) is 0 Å². The number of rotatable bonds is 7. The Bertz CT molecular complexity index is 860. The second-order valence-corrected chi connectivity index (χ2v) is 8.45. The topological polar surface area (TPSA) is 48.5 Å². The van der Waals surface area contributed by atoms with Crippen LogP contribution in [0.25, 0.3) is 11.3 Å². The third-order valence-corrected chi connectivity index (χ3v) is 6.11. The standard InChI is InChI=1S/C24H32N4O/c1-3-4-12-27(2)16-18-9-11-26-23(13-18)19-7-8-22-20(14-19)17-28(24(22)29)21-6-5-10-25-15-21/h7-9,11,13-14,21,25H,3-6,10,12,15-17H2,1-2H3. The number of piperidine rings is 1. The van der Waals surface area contributed by atoms with Crippen molar-refractivity contribution in [2.24, 2.45) is 0 Å². The number of unbranched alkanes of at least 4 members (excludes halogenated alkanes) is 1. The third kappa shape index (κ3) is 4.51. The summed E-state index contributed by atoms with van der Waals surface area (Å²) in [6.45, 7) is 6.95. The van der Waals surface area contributed by atoms with E-state index in [1.807, 2.05) is 23.2 Å². The second kappa shape index (κ2) is 9.06. The number of fused-ring (bicyclic) bond motifs is 1. The Kier molecular flexibility index (Phi) is 6.26. The maximum Gasteiger partial charge on any atom is 0.254 e. The lowest BCUT2D eigenvalue weighted by atomic mass is 10.0. The minimum absolute atomic E-state index is 0.180. The molecule has 1 aromatic carbocycles. The second-order valence-electron chi connectivity index (χ2n) is 8.45. The van der Waals surface area contributed by atoms with Crippen LogP contribution in [0.5, 0.6) is 0 Å². The lowest BCUT2D eigenvalue weighted by molar-refractivity contribution is 0.0674. The molecule has 154 valence electrons. The number of nitrogens with zero attached hydrogens (tertiary/aromatic N) is 3. The molecule has 2 aromatic rings. The molecule has 0 saturated carbocycles. The molecule has 5 nitrogen and oxygen atoms in total. The Morgan fingerprint density at radius 3 is 2.97 bits per heavy atom. The van der Waals surface area contributed by atoms with Gasteiger partial charge in [-0.15, -0.1) is 0 Å². The normalized spacial score (nSPS) is 19.1. The summed E-state index contributed by atoms with van der Waals surface area (Å²) in [5, 5.41) is 3.42. The molecule has 0 radical (unpaired) electrons. The van der Waals surface area contributed by atoms with E-state index in [1.165, 1.54) is 18.4 Å². The molecule has 1 atom stereocenters. The lowest BCUT2D eigenvalue weighted by Gasteiger charge is -2.31. The number of carbonyl (C=O) groups excluding carboxylic acids is 1. The van der Waals surface area contributed by atoms with Crippen LogP contribution in [0.1, 0.15) is 54.1 Å². The number of nitrogens with one attached hydrogen (secondary N) is 1. The average Bonchev–Trinajstić information content (AvgIpc) is 3.09. The monoisotopic (exact) mass is 392 g/mol. The van der Waals surface area contributed by atoms with E-state index < -0.39 is 0 Å². The molecule has 1 fully saturated rings. The quantitative estimate of drug-likeness (QED) is 0.781. The first-order valence-electron chi connectivity index (χ1n) is 10.9. The number of pyridine rings is 1. The van der Waals surface area contributed by atoms with Gasteiger partial charge in [0.25, 0.3) is 5.91 Å². The van der Waals surface area contributed by atoms with E-state index in [-0.39, 0.29) is 5.91 Å². The maximum absolute atomic E-state index is 12.9. The first-order valence-corrected chi connectivity index (χ1v) is 10.9. The average molecular weight is 393 g/mol. The first-order chi connectivity index (χ1) is 14.2. The summed E-state index contributed by atoms with van der Waals surface area (Å²) in [6, 6.07) is 10.8. The van der Waals surface area contributed by atoms with E-state index in [0.29, 0.717) is 12.6 Å². The molecule has 1 aromatic heterocycles. The summed E-state index contributed by atoms with van der Waals surface area (Å²) in [6.07, 6.45) is 6.57. The van der Waals surface area contributed by atoms with Crippen molar-refractivity contribution < 1.29 is 4.79 Å². The third-order valence-electron chi connectivity index (χ3n) is 6.11. The fourth-order valence-corrected chi connectivity index (χ4v) is 4.45. The van der Waals surface area contributed by atoms with Gasteiger partial charge in [0, 0.05) is 43.0 Å². The SMILES string of the molecule is CCCCN(C)Cc1ccnc(-c2ccc3c(c2)CN(C2CCCNC2)C3=O)c1. The molecule has 3 heterocycles. The predicted molar refractivity (Wildman–Crippen MR) is 117 cm³/mol.